The van der Waals surface area contributed by atoms with Gasteiger partial charge in [-0.1, -0.05) is 26.0 Å². The van der Waals surface area contributed by atoms with Crippen molar-refractivity contribution in [2.45, 2.75) is 39.8 Å². The molecule has 18 heavy (non-hydrogen) atoms. The zero-order valence-electron chi connectivity index (χ0n) is 11.4. The van der Waals surface area contributed by atoms with E-state index in [1.807, 2.05) is 6.07 Å². The van der Waals surface area contributed by atoms with Gasteiger partial charge in [0.2, 0.25) is 0 Å². The SMILES string of the molecule is CC1(C)CCN(Cc2cc(CN)ccc2F)CC1. The second-order valence-electron chi connectivity index (χ2n) is 6.07. The van der Waals surface area contributed by atoms with Gasteiger partial charge in [-0.15, -0.1) is 0 Å². The molecule has 0 bridgehead atoms. The number of nitrogens with zero attached hydrogens (tertiary/aromatic N) is 1. The van der Waals surface area contributed by atoms with Gasteiger partial charge in [-0.2, -0.15) is 0 Å². The topological polar surface area (TPSA) is 29.3 Å². The molecule has 0 saturated carbocycles. The van der Waals surface area contributed by atoms with Crippen LogP contribution in [0.3, 0.4) is 0 Å². The van der Waals surface area contributed by atoms with Crippen molar-refractivity contribution in [3.63, 3.8) is 0 Å². The summed E-state index contributed by atoms with van der Waals surface area (Å²) in [6.45, 7) is 7.90. The molecule has 3 heteroatoms. The van der Waals surface area contributed by atoms with Gasteiger partial charge in [0.1, 0.15) is 5.82 Å². The van der Waals surface area contributed by atoms with Crippen molar-refractivity contribution in [2.24, 2.45) is 11.1 Å². The summed E-state index contributed by atoms with van der Waals surface area (Å²) in [6, 6.07) is 5.19. The van der Waals surface area contributed by atoms with Gasteiger partial charge in [-0.25, -0.2) is 4.39 Å². The number of likely N-dealkylation sites (tertiary alicyclic amines) is 1. The first-order valence-electron chi connectivity index (χ1n) is 6.70. The van der Waals surface area contributed by atoms with Crippen molar-refractivity contribution >= 4 is 0 Å². The van der Waals surface area contributed by atoms with Crippen LogP contribution in [0.5, 0.6) is 0 Å². The standard InChI is InChI=1S/C15H23FN2/c1-15(2)5-7-18(8-6-15)11-13-9-12(10-17)3-4-14(13)16/h3-4,9H,5-8,10-11,17H2,1-2H3. The molecule has 0 spiro atoms. The summed E-state index contributed by atoms with van der Waals surface area (Å²) in [5.41, 5.74) is 7.82. The summed E-state index contributed by atoms with van der Waals surface area (Å²) in [5, 5.41) is 0. The number of hydrogen-bond acceptors (Lipinski definition) is 2. The first kappa shape index (κ1) is 13.5. The van der Waals surface area contributed by atoms with E-state index in [0.717, 1.165) is 24.2 Å². The summed E-state index contributed by atoms with van der Waals surface area (Å²) in [7, 11) is 0. The van der Waals surface area contributed by atoms with Crippen LogP contribution in [0.4, 0.5) is 4.39 Å². The molecular formula is C15H23FN2. The molecule has 2 N–H and O–H groups in total. The molecule has 1 aliphatic rings. The van der Waals surface area contributed by atoms with Crippen LogP contribution in [-0.2, 0) is 13.1 Å². The fourth-order valence-electron chi connectivity index (χ4n) is 2.43. The van der Waals surface area contributed by atoms with Crippen LogP contribution < -0.4 is 5.73 Å². The molecule has 2 nitrogen and oxygen atoms in total. The van der Waals surface area contributed by atoms with Crippen LogP contribution in [0.15, 0.2) is 18.2 Å². The predicted molar refractivity (Wildman–Crippen MR) is 72.6 cm³/mol. The summed E-state index contributed by atoms with van der Waals surface area (Å²) in [5.74, 6) is -0.114. The maximum Gasteiger partial charge on any atom is 0.127 e. The van der Waals surface area contributed by atoms with E-state index in [4.69, 9.17) is 5.73 Å². The number of hydrogen-bond donors (Lipinski definition) is 1. The van der Waals surface area contributed by atoms with E-state index >= 15 is 0 Å². The third kappa shape index (κ3) is 3.30. The number of nitrogens with two attached hydrogens (primary N) is 1. The zero-order valence-corrected chi connectivity index (χ0v) is 11.4. The molecular weight excluding hydrogens is 227 g/mol. The Bertz CT molecular complexity index is 405. The molecule has 0 aliphatic carbocycles. The van der Waals surface area contributed by atoms with E-state index in [9.17, 15) is 4.39 Å². The molecule has 1 aromatic rings. The third-order valence-electron chi connectivity index (χ3n) is 3.95. The highest BCUT2D eigenvalue weighted by atomic mass is 19.1. The normalized spacial score (nSPS) is 20.0. The van der Waals surface area contributed by atoms with E-state index in [1.165, 1.54) is 18.9 Å². The van der Waals surface area contributed by atoms with Crippen LogP contribution in [0, 0.1) is 11.2 Å². The van der Waals surface area contributed by atoms with Gasteiger partial charge in [0.25, 0.3) is 0 Å². The van der Waals surface area contributed by atoms with Gasteiger partial charge in [0.05, 0.1) is 0 Å². The minimum absolute atomic E-state index is 0.114. The molecule has 1 saturated heterocycles. The number of benzene rings is 1. The Morgan fingerprint density at radius 1 is 1.28 bits per heavy atom. The fraction of sp³-hybridized carbons (Fsp3) is 0.600. The van der Waals surface area contributed by atoms with Gasteiger partial charge < -0.3 is 5.73 Å². The zero-order chi connectivity index (χ0) is 13.2. The molecule has 1 aromatic carbocycles. The van der Waals surface area contributed by atoms with Crippen molar-refractivity contribution in [3.8, 4) is 0 Å². The lowest BCUT2D eigenvalue weighted by Gasteiger charge is -2.37. The molecule has 1 heterocycles. The monoisotopic (exact) mass is 250 g/mol. The second kappa shape index (κ2) is 5.37. The molecule has 0 unspecified atom stereocenters. The van der Waals surface area contributed by atoms with E-state index < -0.39 is 0 Å². The molecule has 0 radical (unpaired) electrons. The van der Waals surface area contributed by atoms with Crippen molar-refractivity contribution < 1.29 is 4.39 Å². The quantitative estimate of drug-likeness (QED) is 0.893. The Hall–Kier alpha value is -0.930. The first-order chi connectivity index (χ1) is 8.50. The Balaban J connectivity index is 2.01. The summed E-state index contributed by atoms with van der Waals surface area (Å²) in [4.78, 5) is 2.34. The van der Waals surface area contributed by atoms with Gasteiger partial charge in [-0.05, 0) is 43.0 Å². The van der Waals surface area contributed by atoms with Gasteiger partial charge >= 0.3 is 0 Å². The van der Waals surface area contributed by atoms with Crippen molar-refractivity contribution in [2.75, 3.05) is 13.1 Å². The third-order valence-corrected chi connectivity index (χ3v) is 3.95. The van der Waals surface area contributed by atoms with Crippen LogP contribution in [0.1, 0.15) is 37.8 Å². The Kier molecular flexibility index (Phi) is 4.03. The van der Waals surface area contributed by atoms with Crippen LogP contribution in [0.2, 0.25) is 0 Å². The highest BCUT2D eigenvalue weighted by molar-refractivity contribution is 5.25. The van der Waals surface area contributed by atoms with E-state index in [2.05, 4.69) is 18.7 Å². The van der Waals surface area contributed by atoms with Crippen molar-refractivity contribution in [3.05, 3.63) is 35.1 Å². The lowest BCUT2D eigenvalue weighted by Crippen LogP contribution is -2.37. The maximum absolute atomic E-state index is 13.7. The smallest absolute Gasteiger partial charge is 0.127 e. The summed E-state index contributed by atoms with van der Waals surface area (Å²) >= 11 is 0. The largest absolute Gasteiger partial charge is 0.326 e. The maximum atomic E-state index is 13.7. The Morgan fingerprint density at radius 3 is 2.56 bits per heavy atom. The van der Waals surface area contributed by atoms with Crippen LogP contribution in [0.25, 0.3) is 0 Å². The first-order valence-corrected chi connectivity index (χ1v) is 6.70. The molecule has 0 amide bonds. The predicted octanol–water partition coefficient (Wildman–Crippen LogP) is 2.91. The lowest BCUT2D eigenvalue weighted by atomic mass is 9.82. The summed E-state index contributed by atoms with van der Waals surface area (Å²) in [6.07, 6.45) is 2.37. The number of piperidine rings is 1. The molecule has 1 fully saturated rings. The lowest BCUT2D eigenvalue weighted by molar-refractivity contribution is 0.126. The highest BCUT2D eigenvalue weighted by Crippen LogP contribution is 2.30. The van der Waals surface area contributed by atoms with Gasteiger partial charge in [-0.3, -0.25) is 4.90 Å². The molecule has 2 rings (SSSR count). The molecule has 0 aromatic heterocycles. The van der Waals surface area contributed by atoms with E-state index in [0.29, 0.717) is 18.5 Å². The highest BCUT2D eigenvalue weighted by Gasteiger charge is 2.25. The van der Waals surface area contributed by atoms with Crippen molar-refractivity contribution in [1.29, 1.82) is 0 Å². The van der Waals surface area contributed by atoms with Crippen LogP contribution in [-0.4, -0.2) is 18.0 Å². The average Bonchev–Trinajstić information content (AvgIpc) is 2.34. The van der Waals surface area contributed by atoms with Gasteiger partial charge in [0.15, 0.2) is 0 Å². The average molecular weight is 250 g/mol. The van der Waals surface area contributed by atoms with E-state index in [1.54, 1.807) is 6.07 Å². The van der Waals surface area contributed by atoms with Crippen molar-refractivity contribution in [1.82, 2.24) is 4.90 Å². The summed E-state index contributed by atoms with van der Waals surface area (Å²) < 4.78 is 13.7. The second-order valence-corrected chi connectivity index (χ2v) is 6.07. The number of halogens is 1. The Morgan fingerprint density at radius 2 is 1.94 bits per heavy atom. The molecule has 100 valence electrons. The fourth-order valence-corrected chi connectivity index (χ4v) is 2.43. The minimum atomic E-state index is -0.114. The molecule has 1 aliphatic heterocycles. The van der Waals surface area contributed by atoms with E-state index in [-0.39, 0.29) is 5.82 Å². The van der Waals surface area contributed by atoms with Crippen LogP contribution >= 0.6 is 0 Å². The van der Waals surface area contributed by atoms with Gasteiger partial charge in [0, 0.05) is 18.7 Å². The number of rotatable bonds is 3. The minimum Gasteiger partial charge on any atom is -0.326 e. The Labute approximate surface area is 109 Å². The molecule has 0 atom stereocenters.